The monoisotopic (exact) mass is 381 g/mol. The van der Waals surface area contributed by atoms with Crippen molar-refractivity contribution in [1.82, 2.24) is 9.97 Å². The minimum Gasteiger partial charge on any atom is -0.338 e. The van der Waals surface area contributed by atoms with Gasteiger partial charge in [-0.1, -0.05) is 11.6 Å². The van der Waals surface area contributed by atoms with Crippen molar-refractivity contribution in [3.05, 3.63) is 39.5 Å². The molecule has 0 fully saturated rings. The average molecular weight is 383 g/mol. The van der Waals surface area contributed by atoms with Crippen molar-refractivity contribution in [2.75, 3.05) is 10.7 Å². The van der Waals surface area contributed by atoms with E-state index in [-0.39, 0.29) is 22.5 Å². The van der Waals surface area contributed by atoms with Crippen molar-refractivity contribution in [3.63, 3.8) is 0 Å². The first-order valence-corrected chi connectivity index (χ1v) is 6.61. The van der Waals surface area contributed by atoms with Crippen LogP contribution in [0.3, 0.4) is 0 Å². The van der Waals surface area contributed by atoms with Crippen molar-refractivity contribution in [2.45, 2.75) is 6.18 Å². The van der Waals surface area contributed by atoms with Crippen molar-refractivity contribution in [3.8, 4) is 0 Å². The molecule has 0 unspecified atom stereocenters. The quantitative estimate of drug-likeness (QED) is 0.554. The lowest BCUT2D eigenvalue weighted by atomic mass is 10.2. The molecule has 2 rings (SSSR count). The number of hydrogen-bond acceptors (Lipinski definition) is 5. The number of aromatic nitrogens is 2. The SMILES string of the molecule is NNc1ncc(Cl)c(Nc2cc(C(F)(F)F)ccc2Br)n1. The van der Waals surface area contributed by atoms with Gasteiger partial charge in [-0.15, -0.1) is 0 Å². The van der Waals surface area contributed by atoms with Gasteiger partial charge in [-0.3, -0.25) is 5.43 Å². The number of benzene rings is 1. The zero-order chi connectivity index (χ0) is 15.6. The van der Waals surface area contributed by atoms with Gasteiger partial charge in [0.25, 0.3) is 0 Å². The molecule has 0 amide bonds. The van der Waals surface area contributed by atoms with Gasteiger partial charge in [0.15, 0.2) is 5.82 Å². The molecule has 1 aromatic carbocycles. The van der Waals surface area contributed by atoms with Crippen LogP contribution in [0, 0.1) is 0 Å². The Balaban J connectivity index is 2.39. The van der Waals surface area contributed by atoms with E-state index in [0.29, 0.717) is 4.47 Å². The molecular weight excluding hydrogens is 375 g/mol. The van der Waals surface area contributed by atoms with E-state index in [2.05, 4.69) is 36.6 Å². The first-order chi connectivity index (χ1) is 9.81. The van der Waals surface area contributed by atoms with Gasteiger partial charge in [0.05, 0.1) is 17.4 Å². The Hall–Kier alpha value is -1.58. The number of alkyl halides is 3. The molecule has 4 N–H and O–H groups in total. The van der Waals surface area contributed by atoms with E-state index in [1.807, 2.05) is 0 Å². The second-order valence-electron chi connectivity index (χ2n) is 3.85. The van der Waals surface area contributed by atoms with Crippen LogP contribution in [0.5, 0.6) is 0 Å². The Morgan fingerprint density at radius 1 is 1.29 bits per heavy atom. The van der Waals surface area contributed by atoms with Gasteiger partial charge in [-0.05, 0) is 34.1 Å². The van der Waals surface area contributed by atoms with Crippen LogP contribution in [-0.2, 0) is 6.18 Å². The van der Waals surface area contributed by atoms with E-state index in [0.717, 1.165) is 12.1 Å². The lowest BCUT2D eigenvalue weighted by Crippen LogP contribution is -2.11. The highest BCUT2D eigenvalue weighted by atomic mass is 79.9. The fourth-order valence-electron chi connectivity index (χ4n) is 1.45. The van der Waals surface area contributed by atoms with E-state index >= 15 is 0 Å². The topological polar surface area (TPSA) is 75.9 Å². The maximum Gasteiger partial charge on any atom is 0.416 e. The van der Waals surface area contributed by atoms with E-state index < -0.39 is 11.7 Å². The molecule has 0 aliphatic carbocycles. The second-order valence-corrected chi connectivity index (χ2v) is 5.11. The maximum atomic E-state index is 12.7. The fourth-order valence-corrected chi connectivity index (χ4v) is 1.93. The number of nitrogen functional groups attached to an aromatic ring is 1. The van der Waals surface area contributed by atoms with Crippen LogP contribution >= 0.6 is 27.5 Å². The molecule has 0 atom stereocenters. The number of rotatable bonds is 3. The van der Waals surface area contributed by atoms with E-state index in [1.54, 1.807) is 0 Å². The molecule has 0 saturated heterocycles. The highest BCUT2D eigenvalue weighted by Crippen LogP contribution is 2.35. The van der Waals surface area contributed by atoms with Crippen LogP contribution in [0.25, 0.3) is 0 Å². The van der Waals surface area contributed by atoms with Crippen molar-refractivity contribution >= 4 is 45.0 Å². The Bertz CT molecular complexity index is 665. The molecule has 10 heteroatoms. The summed E-state index contributed by atoms with van der Waals surface area (Å²) in [4.78, 5) is 7.69. The Morgan fingerprint density at radius 3 is 2.62 bits per heavy atom. The Kier molecular flexibility index (Phi) is 4.55. The van der Waals surface area contributed by atoms with Gasteiger partial charge >= 0.3 is 6.18 Å². The molecule has 5 nitrogen and oxygen atoms in total. The van der Waals surface area contributed by atoms with E-state index in [1.165, 1.54) is 12.3 Å². The predicted octanol–water partition coefficient (Wildman–Crippen LogP) is 3.94. The number of halogens is 5. The summed E-state index contributed by atoms with van der Waals surface area (Å²) in [7, 11) is 0. The molecule has 21 heavy (non-hydrogen) atoms. The number of hydrogen-bond donors (Lipinski definition) is 3. The van der Waals surface area contributed by atoms with Gasteiger partial charge in [0.2, 0.25) is 5.95 Å². The maximum absolute atomic E-state index is 12.7. The molecule has 0 spiro atoms. The number of nitrogens with one attached hydrogen (secondary N) is 2. The summed E-state index contributed by atoms with van der Waals surface area (Å²) >= 11 is 9.05. The van der Waals surface area contributed by atoms with Crippen LogP contribution < -0.4 is 16.6 Å². The zero-order valence-electron chi connectivity index (χ0n) is 10.2. The normalized spacial score (nSPS) is 11.3. The Labute approximate surface area is 130 Å². The van der Waals surface area contributed by atoms with E-state index in [9.17, 15) is 13.2 Å². The van der Waals surface area contributed by atoms with Gasteiger partial charge in [-0.2, -0.15) is 18.2 Å². The minimum absolute atomic E-state index is 0.0741. The van der Waals surface area contributed by atoms with Crippen LogP contribution in [0.1, 0.15) is 5.56 Å². The third kappa shape index (κ3) is 3.74. The van der Waals surface area contributed by atoms with E-state index in [4.69, 9.17) is 17.4 Å². The lowest BCUT2D eigenvalue weighted by molar-refractivity contribution is -0.137. The number of anilines is 3. The molecule has 1 heterocycles. The van der Waals surface area contributed by atoms with Gasteiger partial charge in [-0.25, -0.2) is 10.8 Å². The highest BCUT2D eigenvalue weighted by Gasteiger charge is 2.31. The smallest absolute Gasteiger partial charge is 0.338 e. The molecule has 0 bridgehead atoms. The van der Waals surface area contributed by atoms with Gasteiger partial charge < -0.3 is 5.32 Å². The summed E-state index contributed by atoms with van der Waals surface area (Å²) in [5.74, 6) is 5.37. The number of hydrazine groups is 1. The summed E-state index contributed by atoms with van der Waals surface area (Å²) in [6, 6.07) is 3.18. The lowest BCUT2D eigenvalue weighted by Gasteiger charge is -2.13. The molecule has 0 radical (unpaired) electrons. The summed E-state index contributed by atoms with van der Waals surface area (Å²) in [6.07, 6.45) is -3.18. The molecule has 0 aliphatic heterocycles. The number of nitrogens with two attached hydrogens (primary N) is 1. The third-order valence-corrected chi connectivity index (χ3v) is 3.39. The molecule has 1 aromatic heterocycles. The van der Waals surface area contributed by atoms with Gasteiger partial charge in [0, 0.05) is 4.47 Å². The first kappa shape index (κ1) is 15.8. The second kappa shape index (κ2) is 6.04. The molecule has 0 aliphatic rings. The molecule has 112 valence electrons. The van der Waals surface area contributed by atoms with Gasteiger partial charge in [0.1, 0.15) is 5.02 Å². The van der Waals surface area contributed by atoms with Crippen LogP contribution in [0.2, 0.25) is 5.02 Å². The minimum atomic E-state index is -4.45. The summed E-state index contributed by atoms with van der Waals surface area (Å²) < 4.78 is 38.6. The fraction of sp³-hybridized carbons (Fsp3) is 0.0909. The summed E-state index contributed by atoms with van der Waals surface area (Å²) in [6.45, 7) is 0. The standard InChI is InChI=1S/C11H8BrClF3N5/c12-6-2-1-5(11(14,15)16)3-8(6)19-9-7(13)4-18-10(20-9)21-17/h1-4H,17H2,(H2,18,19,20,21). The largest absolute Gasteiger partial charge is 0.416 e. The molecule has 2 aromatic rings. The third-order valence-electron chi connectivity index (χ3n) is 2.42. The zero-order valence-corrected chi connectivity index (χ0v) is 12.5. The molecule has 0 saturated carbocycles. The van der Waals surface area contributed by atoms with Crippen molar-refractivity contribution in [1.29, 1.82) is 0 Å². The van der Waals surface area contributed by atoms with Crippen LogP contribution in [0.15, 0.2) is 28.9 Å². The van der Waals surface area contributed by atoms with Crippen LogP contribution in [-0.4, -0.2) is 9.97 Å². The highest BCUT2D eigenvalue weighted by molar-refractivity contribution is 9.10. The number of nitrogens with zero attached hydrogens (tertiary/aromatic N) is 2. The molecular formula is C11H8BrClF3N5. The summed E-state index contributed by atoms with van der Waals surface area (Å²) in [5, 5.41) is 2.84. The first-order valence-electron chi connectivity index (χ1n) is 5.44. The van der Waals surface area contributed by atoms with Crippen molar-refractivity contribution < 1.29 is 13.2 Å². The van der Waals surface area contributed by atoms with Crippen LogP contribution in [0.4, 0.5) is 30.6 Å². The van der Waals surface area contributed by atoms with Crippen molar-refractivity contribution in [2.24, 2.45) is 5.84 Å². The summed E-state index contributed by atoms with van der Waals surface area (Å²) in [5.41, 5.74) is 1.58. The Morgan fingerprint density at radius 2 is 2.00 bits per heavy atom. The average Bonchev–Trinajstić information content (AvgIpc) is 2.42. The predicted molar refractivity (Wildman–Crippen MR) is 77.3 cm³/mol.